The molecule has 0 spiro atoms. The van der Waals surface area contributed by atoms with Crippen molar-refractivity contribution in [2.75, 3.05) is 0 Å². The molecule has 0 bridgehead atoms. The largest absolute Gasteiger partial charge is 0.293 e. The summed E-state index contributed by atoms with van der Waals surface area (Å²) in [7, 11) is 0. The molecule has 1 amide bonds. The van der Waals surface area contributed by atoms with Crippen LogP contribution in [0.3, 0.4) is 0 Å². The maximum absolute atomic E-state index is 11.2. The Morgan fingerprint density at radius 1 is 1.58 bits per heavy atom. The van der Waals surface area contributed by atoms with Gasteiger partial charge in [0.1, 0.15) is 0 Å². The van der Waals surface area contributed by atoms with Crippen molar-refractivity contribution in [2.24, 2.45) is 5.92 Å². The van der Waals surface area contributed by atoms with Crippen molar-refractivity contribution < 1.29 is 9.59 Å². The third kappa shape index (κ3) is 2.54. The predicted octanol–water partition coefficient (Wildman–Crippen LogP) is 1.07. The highest BCUT2D eigenvalue weighted by atomic mass is 32.2. The molecule has 12 heavy (non-hydrogen) atoms. The summed E-state index contributed by atoms with van der Waals surface area (Å²) in [5.74, 6) is -0.241. The molecule has 1 atom stereocenters. The van der Waals surface area contributed by atoms with E-state index < -0.39 is 0 Å². The van der Waals surface area contributed by atoms with Crippen LogP contribution in [0.25, 0.3) is 0 Å². The van der Waals surface area contributed by atoms with Crippen molar-refractivity contribution in [3.63, 3.8) is 0 Å². The van der Waals surface area contributed by atoms with Crippen LogP contribution in [0.15, 0.2) is 24.3 Å². The summed E-state index contributed by atoms with van der Waals surface area (Å²) in [6.45, 7) is 0. The molecule has 64 valence electrons. The van der Waals surface area contributed by atoms with Gasteiger partial charge in [0, 0.05) is 11.9 Å². The lowest BCUT2D eigenvalue weighted by molar-refractivity contribution is -0.121. The molecule has 4 heteroatoms. The van der Waals surface area contributed by atoms with E-state index in [4.69, 9.17) is 0 Å². The summed E-state index contributed by atoms with van der Waals surface area (Å²) in [5, 5.41) is 0. The van der Waals surface area contributed by atoms with Gasteiger partial charge in [-0.15, -0.1) is 0 Å². The van der Waals surface area contributed by atoms with E-state index in [2.05, 4.69) is 4.72 Å². The molecule has 0 saturated heterocycles. The third-order valence-electron chi connectivity index (χ3n) is 1.53. The van der Waals surface area contributed by atoms with Gasteiger partial charge in [0.05, 0.1) is 5.92 Å². The first kappa shape index (κ1) is 9.06. The monoisotopic (exact) mass is 183 g/mol. The van der Waals surface area contributed by atoms with E-state index in [9.17, 15) is 9.59 Å². The Bertz CT molecular complexity index is 235. The van der Waals surface area contributed by atoms with Crippen LogP contribution in [0.1, 0.15) is 6.42 Å². The fraction of sp³-hybridized carbons (Fsp3) is 0.250. The number of hydrogen-bond acceptors (Lipinski definition) is 3. The second-order valence-electron chi connectivity index (χ2n) is 2.34. The number of carbonyl (C=O) groups excluding carboxylic acids is 2. The lowest BCUT2D eigenvalue weighted by Crippen LogP contribution is -2.24. The summed E-state index contributed by atoms with van der Waals surface area (Å²) in [6.07, 6.45) is 8.19. The molecule has 1 unspecified atom stereocenters. The zero-order chi connectivity index (χ0) is 8.81. The van der Waals surface area contributed by atoms with Crippen LogP contribution in [0.5, 0.6) is 0 Å². The summed E-state index contributed by atoms with van der Waals surface area (Å²) >= 11 is 0.772. The molecule has 3 nitrogen and oxygen atoms in total. The maximum Gasteiger partial charge on any atom is 0.237 e. The standard InChI is InChI=1S/C8H9NO2S/c10-6-12-9-8(11)7-4-2-1-3-5-7/h1-4,6-7H,5H2,(H,9,11). The highest BCUT2D eigenvalue weighted by Crippen LogP contribution is 2.11. The SMILES string of the molecule is O=CSNC(=O)C1C=CC=CC1. The Kier molecular flexibility index (Phi) is 3.60. The van der Waals surface area contributed by atoms with Gasteiger partial charge in [-0.25, -0.2) is 0 Å². The number of allylic oxidation sites excluding steroid dienone is 3. The van der Waals surface area contributed by atoms with Crippen molar-refractivity contribution in [1.29, 1.82) is 0 Å². The molecule has 0 aromatic rings. The van der Waals surface area contributed by atoms with E-state index in [1.54, 1.807) is 0 Å². The zero-order valence-corrected chi connectivity index (χ0v) is 7.21. The molecule has 1 aliphatic rings. The van der Waals surface area contributed by atoms with Gasteiger partial charge < -0.3 is 0 Å². The summed E-state index contributed by atoms with van der Waals surface area (Å²) in [6, 6.07) is 0. The van der Waals surface area contributed by atoms with Crippen LogP contribution in [0, 0.1) is 5.92 Å². The van der Waals surface area contributed by atoms with Crippen LogP contribution >= 0.6 is 11.9 Å². The highest BCUT2D eigenvalue weighted by molar-refractivity contribution is 8.10. The topological polar surface area (TPSA) is 46.2 Å². The Labute approximate surface area is 75.0 Å². The Morgan fingerprint density at radius 2 is 2.42 bits per heavy atom. The molecular formula is C8H9NO2S. The molecule has 0 aliphatic heterocycles. The Balaban J connectivity index is 2.37. The first-order valence-corrected chi connectivity index (χ1v) is 4.45. The number of rotatable bonds is 3. The van der Waals surface area contributed by atoms with Gasteiger partial charge in [0.15, 0.2) is 5.62 Å². The van der Waals surface area contributed by atoms with Crippen LogP contribution in [0.4, 0.5) is 0 Å². The first-order valence-electron chi connectivity index (χ1n) is 3.57. The number of amides is 1. The second-order valence-corrected chi connectivity index (χ2v) is 2.97. The van der Waals surface area contributed by atoms with E-state index in [1.807, 2.05) is 24.3 Å². The van der Waals surface area contributed by atoms with Gasteiger partial charge in [0.25, 0.3) is 0 Å². The van der Waals surface area contributed by atoms with Crippen molar-refractivity contribution in [3.05, 3.63) is 24.3 Å². The Hall–Kier alpha value is -1.03. The lowest BCUT2D eigenvalue weighted by atomic mass is 10.0. The van der Waals surface area contributed by atoms with Crippen molar-refractivity contribution in [1.82, 2.24) is 4.72 Å². The van der Waals surface area contributed by atoms with E-state index in [1.165, 1.54) is 0 Å². The molecule has 1 aliphatic carbocycles. The van der Waals surface area contributed by atoms with Gasteiger partial charge in [-0.3, -0.25) is 14.3 Å². The number of nitrogens with one attached hydrogen (secondary N) is 1. The first-order chi connectivity index (χ1) is 5.84. The fourth-order valence-corrected chi connectivity index (χ4v) is 1.25. The average molecular weight is 183 g/mol. The van der Waals surface area contributed by atoms with E-state index in [0.29, 0.717) is 12.0 Å². The minimum absolute atomic E-state index is 0.118. The van der Waals surface area contributed by atoms with Crippen molar-refractivity contribution in [3.8, 4) is 0 Å². The highest BCUT2D eigenvalue weighted by Gasteiger charge is 2.14. The van der Waals surface area contributed by atoms with E-state index in [0.717, 1.165) is 11.9 Å². The molecule has 0 aromatic heterocycles. The molecule has 0 fully saturated rings. The normalized spacial score (nSPS) is 20.5. The van der Waals surface area contributed by atoms with Crippen molar-refractivity contribution in [2.45, 2.75) is 6.42 Å². The summed E-state index contributed by atoms with van der Waals surface area (Å²) < 4.78 is 2.43. The zero-order valence-electron chi connectivity index (χ0n) is 6.40. The summed E-state index contributed by atoms with van der Waals surface area (Å²) in [4.78, 5) is 21.1. The van der Waals surface area contributed by atoms with Crippen LogP contribution in [-0.2, 0) is 9.59 Å². The van der Waals surface area contributed by atoms with Gasteiger partial charge >= 0.3 is 0 Å². The van der Waals surface area contributed by atoms with Crippen LogP contribution in [-0.4, -0.2) is 11.5 Å². The second kappa shape index (κ2) is 4.77. The van der Waals surface area contributed by atoms with E-state index >= 15 is 0 Å². The molecule has 0 aromatic carbocycles. The molecule has 0 saturated carbocycles. The third-order valence-corrected chi connectivity index (χ3v) is 1.94. The number of hydrogen-bond donors (Lipinski definition) is 1. The molecule has 1 rings (SSSR count). The van der Waals surface area contributed by atoms with Gasteiger partial charge in [0.2, 0.25) is 5.91 Å². The van der Waals surface area contributed by atoms with Crippen LogP contribution in [0.2, 0.25) is 0 Å². The minimum Gasteiger partial charge on any atom is -0.293 e. The fourth-order valence-electron chi connectivity index (χ4n) is 0.933. The number of carbonyl (C=O) groups is 2. The molecule has 0 heterocycles. The summed E-state index contributed by atoms with van der Waals surface area (Å²) in [5.41, 5.74) is 0.597. The van der Waals surface area contributed by atoms with E-state index in [-0.39, 0.29) is 11.8 Å². The quantitative estimate of drug-likeness (QED) is 0.526. The average Bonchev–Trinajstić information content (AvgIpc) is 2.15. The predicted molar refractivity (Wildman–Crippen MR) is 48.9 cm³/mol. The smallest absolute Gasteiger partial charge is 0.237 e. The molecular weight excluding hydrogens is 174 g/mol. The Morgan fingerprint density at radius 3 is 3.00 bits per heavy atom. The molecule has 1 N–H and O–H groups in total. The van der Waals surface area contributed by atoms with Gasteiger partial charge in [-0.2, -0.15) is 0 Å². The lowest BCUT2D eigenvalue weighted by Gasteiger charge is -2.10. The van der Waals surface area contributed by atoms with Gasteiger partial charge in [-0.1, -0.05) is 24.3 Å². The minimum atomic E-state index is -0.123. The maximum atomic E-state index is 11.2. The van der Waals surface area contributed by atoms with Gasteiger partial charge in [-0.05, 0) is 6.42 Å². The van der Waals surface area contributed by atoms with Crippen molar-refractivity contribution >= 4 is 23.5 Å². The molecule has 0 radical (unpaired) electrons. The van der Waals surface area contributed by atoms with Crippen LogP contribution < -0.4 is 4.72 Å².